The van der Waals surface area contributed by atoms with Crippen LogP contribution in [-0.2, 0) is 19.5 Å². The van der Waals surface area contributed by atoms with Crippen LogP contribution in [0.1, 0.15) is 22.3 Å². The van der Waals surface area contributed by atoms with Crippen LogP contribution in [0.3, 0.4) is 0 Å². The van der Waals surface area contributed by atoms with Gasteiger partial charge in [0.1, 0.15) is 23.6 Å². The molecule has 30 heavy (non-hydrogen) atoms. The molecule has 2 aromatic rings. The van der Waals surface area contributed by atoms with Gasteiger partial charge in [0.05, 0.1) is 11.6 Å². The Morgan fingerprint density at radius 1 is 1.33 bits per heavy atom. The Kier molecular flexibility index (Phi) is 6.93. The SMILES string of the molecule is N#CCNc1nc(Cl)c(C#N)c2c1CN(Cc1cnc(OCC(F)F)c(F)c1)CC2. The summed E-state index contributed by atoms with van der Waals surface area (Å²) in [6, 6.07) is 5.23. The highest BCUT2D eigenvalue weighted by molar-refractivity contribution is 6.30. The summed E-state index contributed by atoms with van der Waals surface area (Å²) in [6.07, 6.45) is -0.828. The van der Waals surface area contributed by atoms with Crippen LogP contribution < -0.4 is 10.1 Å². The summed E-state index contributed by atoms with van der Waals surface area (Å²) >= 11 is 6.11. The van der Waals surface area contributed by atoms with Gasteiger partial charge in [0.15, 0.2) is 12.4 Å². The van der Waals surface area contributed by atoms with Crippen LogP contribution >= 0.6 is 11.6 Å². The van der Waals surface area contributed by atoms with Crippen molar-refractivity contribution in [2.75, 3.05) is 25.0 Å². The first kappa shape index (κ1) is 21.6. The zero-order valence-electron chi connectivity index (χ0n) is 15.6. The van der Waals surface area contributed by atoms with Crippen LogP contribution in [0.4, 0.5) is 19.0 Å². The smallest absolute Gasteiger partial charge is 0.272 e. The first-order valence-electron chi connectivity index (χ1n) is 8.92. The van der Waals surface area contributed by atoms with E-state index in [0.29, 0.717) is 43.0 Å². The molecule has 1 aliphatic heterocycles. The molecule has 0 radical (unpaired) electrons. The molecule has 7 nitrogen and oxygen atoms in total. The summed E-state index contributed by atoms with van der Waals surface area (Å²) in [7, 11) is 0. The average molecular weight is 437 g/mol. The van der Waals surface area contributed by atoms with Crippen LogP contribution in [0.2, 0.25) is 5.15 Å². The van der Waals surface area contributed by atoms with Gasteiger partial charge in [0.2, 0.25) is 0 Å². The van der Waals surface area contributed by atoms with Crippen molar-refractivity contribution in [1.82, 2.24) is 14.9 Å². The third-order valence-corrected chi connectivity index (χ3v) is 4.76. The van der Waals surface area contributed by atoms with E-state index >= 15 is 0 Å². The number of halogens is 4. The Bertz CT molecular complexity index is 1020. The molecule has 1 N–H and O–H groups in total. The van der Waals surface area contributed by atoms with Crippen molar-refractivity contribution in [3.05, 3.63) is 45.5 Å². The Labute approximate surface area is 175 Å². The quantitative estimate of drug-likeness (QED) is 0.525. The number of alkyl halides is 2. The van der Waals surface area contributed by atoms with Crippen LogP contribution in [0.25, 0.3) is 0 Å². The summed E-state index contributed by atoms with van der Waals surface area (Å²) in [5.41, 5.74) is 2.37. The molecule has 0 spiro atoms. The van der Waals surface area contributed by atoms with E-state index in [9.17, 15) is 18.4 Å². The number of hydrogen-bond acceptors (Lipinski definition) is 7. The van der Waals surface area contributed by atoms with E-state index in [1.165, 1.54) is 12.3 Å². The molecule has 2 aromatic heterocycles. The topological polar surface area (TPSA) is 97.9 Å². The molecule has 0 bridgehead atoms. The molecule has 3 rings (SSSR count). The van der Waals surface area contributed by atoms with Crippen LogP contribution in [0.5, 0.6) is 5.88 Å². The lowest BCUT2D eigenvalue weighted by Gasteiger charge is -2.30. The van der Waals surface area contributed by atoms with E-state index < -0.39 is 24.7 Å². The Morgan fingerprint density at radius 3 is 2.80 bits per heavy atom. The van der Waals surface area contributed by atoms with E-state index in [4.69, 9.17) is 16.9 Å². The number of nitrogens with zero attached hydrogens (tertiary/aromatic N) is 5. The molecule has 0 aromatic carbocycles. The van der Waals surface area contributed by atoms with Crippen LogP contribution in [0, 0.1) is 28.5 Å². The van der Waals surface area contributed by atoms with Gasteiger partial charge in [-0.3, -0.25) is 4.90 Å². The maximum atomic E-state index is 14.1. The summed E-state index contributed by atoms with van der Waals surface area (Å²) < 4.78 is 43.2. The molecule has 0 amide bonds. The maximum Gasteiger partial charge on any atom is 0.272 e. The molecule has 0 saturated carbocycles. The predicted octanol–water partition coefficient (Wildman–Crippen LogP) is 3.28. The number of aromatic nitrogens is 2. The standard InChI is InChI=1S/C19H16ClF3N6O/c20-17-13(6-25)12-1-4-29(9-14(12)18(28-17)26-3-2-24)8-11-5-15(21)19(27-7-11)30-10-16(22)23/h5,7,16H,1,3-4,8-10H2,(H,26,28). The zero-order chi connectivity index (χ0) is 21.7. The monoisotopic (exact) mass is 436 g/mol. The van der Waals surface area contributed by atoms with Gasteiger partial charge in [-0.05, 0) is 23.6 Å². The minimum Gasteiger partial charge on any atom is -0.470 e. The fraction of sp³-hybridized carbons (Fsp3) is 0.368. The summed E-state index contributed by atoms with van der Waals surface area (Å²) in [4.78, 5) is 9.97. The maximum absolute atomic E-state index is 14.1. The van der Waals surface area contributed by atoms with Crippen molar-refractivity contribution in [3.8, 4) is 18.0 Å². The second-order valence-electron chi connectivity index (χ2n) is 6.50. The van der Waals surface area contributed by atoms with Gasteiger partial charge in [0.25, 0.3) is 12.3 Å². The Balaban J connectivity index is 1.79. The number of anilines is 1. The molecule has 11 heteroatoms. The van der Waals surface area contributed by atoms with E-state index in [2.05, 4.69) is 26.1 Å². The van der Waals surface area contributed by atoms with E-state index in [1.807, 2.05) is 11.0 Å². The lowest BCUT2D eigenvalue weighted by atomic mass is 9.96. The summed E-state index contributed by atoms with van der Waals surface area (Å²) in [6.45, 7) is 0.400. The zero-order valence-corrected chi connectivity index (χ0v) is 16.4. The highest BCUT2D eigenvalue weighted by atomic mass is 35.5. The largest absolute Gasteiger partial charge is 0.470 e. The lowest BCUT2D eigenvalue weighted by molar-refractivity contribution is 0.0773. The van der Waals surface area contributed by atoms with Crippen LogP contribution in [-0.4, -0.2) is 41.0 Å². The number of pyridine rings is 2. The molecule has 3 heterocycles. The van der Waals surface area contributed by atoms with Crippen molar-refractivity contribution in [1.29, 1.82) is 10.5 Å². The van der Waals surface area contributed by atoms with Gasteiger partial charge in [-0.2, -0.15) is 10.5 Å². The summed E-state index contributed by atoms with van der Waals surface area (Å²) in [5.74, 6) is -0.856. The predicted molar refractivity (Wildman–Crippen MR) is 102 cm³/mol. The summed E-state index contributed by atoms with van der Waals surface area (Å²) in [5, 5.41) is 21.2. The third-order valence-electron chi connectivity index (χ3n) is 4.49. The molecular formula is C19H16ClF3N6O. The Morgan fingerprint density at radius 2 is 2.13 bits per heavy atom. The number of nitriles is 2. The highest BCUT2D eigenvalue weighted by Crippen LogP contribution is 2.32. The molecule has 0 unspecified atom stereocenters. The first-order valence-corrected chi connectivity index (χ1v) is 9.30. The first-order chi connectivity index (χ1) is 14.4. The molecule has 0 aliphatic carbocycles. The van der Waals surface area contributed by atoms with Crippen molar-refractivity contribution in [2.45, 2.75) is 25.9 Å². The molecule has 1 aliphatic rings. The molecule has 156 valence electrons. The van der Waals surface area contributed by atoms with Crippen molar-refractivity contribution in [3.63, 3.8) is 0 Å². The molecular weight excluding hydrogens is 421 g/mol. The average Bonchev–Trinajstić information content (AvgIpc) is 2.71. The van der Waals surface area contributed by atoms with E-state index in [1.54, 1.807) is 0 Å². The molecule has 0 atom stereocenters. The normalized spacial score (nSPS) is 13.4. The third kappa shape index (κ3) is 4.90. The van der Waals surface area contributed by atoms with Gasteiger partial charge in [0, 0.05) is 31.4 Å². The number of fused-ring (bicyclic) bond motifs is 1. The van der Waals surface area contributed by atoms with Gasteiger partial charge in [-0.1, -0.05) is 11.6 Å². The second kappa shape index (κ2) is 9.61. The van der Waals surface area contributed by atoms with E-state index in [-0.39, 0.29) is 11.7 Å². The molecule has 0 fully saturated rings. The van der Waals surface area contributed by atoms with Crippen molar-refractivity contribution in [2.24, 2.45) is 0 Å². The van der Waals surface area contributed by atoms with Gasteiger partial charge in [-0.25, -0.2) is 23.1 Å². The van der Waals surface area contributed by atoms with Crippen molar-refractivity contribution < 1.29 is 17.9 Å². The lowest BCUT2D eigenvalue weighted by Crippen LogP contribution is -2.32. The number of hydrogen-bond donors (Lipinski definition) is 1. The van der Waals surface area contributed by atoms with Gasteiger partial charge < -0.3 is 10.1 Å². The van der Waals surface area contributed by atoms with Crippen LogP contribution in [0.15, 0.2) is 12.3 Å². The van der Waals surface area contributed by atoms with Crippen molar-refractivity contribution >= 4 is 17.4 Å². The number of rotatable bonds is 7. The Hall–Kier alpha value is -3.08. The number of ether oxygens (including phenoxy) is 1. The fourth-order valence-electron chi connectivity index (χ4n) is 3.23. The second-order valence-corrected chi connectivity index (χ2v) is 6.86. The van der Waals surface area contributed by atoms with E-state index in [0.717, 1.165) is 11.1 Å². The molecule has 0 saturated heterocycles. The minimum atomic E-state index is -2.72. The minimum absolute atomic E-state index is 0.0247. The van der Waals surface area contributed by atoms with Gasteiger partial charge >= 0.3 is 0 Å². The highest BCUT2D eigenvalue weighted by Gasteiger charge is 2.25. The van der Waals surface area contributed by atoms with Gasteiger partial charge in [-0.15, -0.1) is 0 Å². The fourth-order valence-corrected chi connectivity index (χ4v) is 3.48. The number of nitrogens with one attached hydrogen (secondary N) is 1.